The monoisotopic (exact) mass is 251 g/mol. The van der Waals surface area contributed by atoms with Crippen molar-refractivity contribution >= 4 is 10.9 Å². The Hall–Kier alpha value is -2.67. The Balaban J connectivity index is 2.33. The molecule has 0 aliphatic heterocycles. The van der Waals surface area contributed by atoms with Crippen LogP contribution < -0.4 is 0 Å². The van der Waals surface area contributed by atoms with Crippen LogP contribution in [0.25, 0.3) is 16.7 Å². The highest BCUT2D eigenvalue weighted by Crippen LogP contribution is 2.25. The highest BCUT2D eigenvalue weighted by Gasteiger charge is 2.11. The second-order valence-corrected chi connectivity index (χ2v) is 4.33. The highest BCUT2D eigenvalue weighted by atomic mass is 19.1. The molecule has 2 aromatic heterocycles. The average Bonchev–Trinajstić information content (AvgIpc) is 2.76. The summed E-state index contributed by atoms with van der Waals surface area (Å²) in [5, 5.41) is 9.86. The molecule has 0 aliphatic rings. The molecule has 1 aromatic carbocycles. The number of benzene rings is 1. The first-order valence-electron chi connectivity index (χ1n) is 5.83. The molecule has 0 saturated carbocycles. The smallest absolute Gasteiger partial charge is 0.173 e. The van der Waals surface area contributed by atoms with Crippen LogP contribution in [0.5, 0.6) is 0 Å². The van der Waals surface area contributed by atoms with E-state index in [1.54, 1.807) is 22.9 Å². The molecule has 0 spiro atoms. The average molecular weight is 251 g/mol. The summed E-state index contributed by atoms with van der Waals surface area (Å²) in [5.41, 5.74) is 2.42. The van der Waals surface area contributed by atoms with Crippen LogP contribution in [-0.4, -0.2) is 9.55 Å². The third-order valence-corrected chi connectivity index (χ3v) is 3.10. The van der Waals surface area contributed by atoms with Crippen molar-refractivity contribution in [2.75, 3.05) is 0 Å². The minimum absolute atomic E-state index is 0.269. The van der Waals surface area contributed by atoms with E-state index in [1.165, 1.54) is 6.07 Å². The number of nitrogens with zero attached hydrogens (tertiary/aromatic N) is 3. The molecule has 3 rings (SSSR count). The predicted molar refractivity (Wildman–Crippen MR) is 70.5 cm³/mol. The molecular weight excluding hydrogens is 241 g/mol. The van der Waals surface area contributed by atoms with Gasteiger partial charge in [-0.1, -0.05) is 0 Å². The first-order valence-corrected chi connectivity index (χ1v) is 5.83. The summed E-state index contributed by atoms with van der Waals surface area (Å²) < 4.78 is 15.5. The Morgan fingerprint density at radius 2 is 2.16 bits per heavy atom. The standard InChI is InChI=1S/C15H10FN3/c1-10-9-19(15-13(16)3-2-6-18-15)14-5-4-11(8-17)7-12(10)14/h2-7,9H,1H3. The lowest BCUT2D eigenvalue weighted by atomic mass is 10.1. The van der Waals surface area contributed by atoms with Crippen molar-refractivity contribution in [1.82, 2.24) is 9.55 Å². The van der Waals surface area contributed by atoms with Crippen molar-refractivity contribution in [3.8, 4) is 11.9 Å². The highest BCUT2D eigenvalue weighted by molar-refractivity contribution is 5.86. The number of hydrogen-bond donors (Lipinski definition) is 0. The van der Waals surface area contributed by atoms with Crippen molar-refractivity contribution in [2.24, 2.45) is 0 Å². The van der Waals surface area contributed by atoms with E-state index < -0.39 is 0 Å². The van der Waals surface area contributed by atoms with E-state index in [4.69, 9.17) is 5.26 Å². The first-order chi connectivity index (χ1) is 9.20. The molecule has 3 nitrogen and oxygen atoms in total. The maximum atomic E-state index is 13.8. The normalized spacial score (nSPS) is 10.6. The van der Waals surface area contributed by atoms with E-state index in [0.717, 1.165) is 16.5 Å². The molecule has 0 unspecified atom stereocenters. The van der Waals surface area contributed by atoms with Crippen LogP contribution in [0.1, 0.15) is 11.1 Å². The molecule has 3 aromatic rings. The van der Waals surface area contributed by atoms with Gasteiger partial charge in [0.25, 0.3) is 0 Å². The van der Waals surface area contributed by atoms with Gasteiger partial charge in [-0.2, -0.15) is 5.26 Å². The lowest BCUT2D eigenvalue weighted by Crippen LogP contribution is -1.98. The quantitative estimate of drug-likeness (QED) is 0.665. The number of hydrogen-bond acceptors (Lipinski definition) is 2. The lowest BCUT2D eigenvalue weighted by Gasteiger charge is -2.05. The van der Waals surface area contributed by atoms with Gasteiger partial charge in [-0.15, -0.1) is 0 Å². The lowest BCUT2D eigenvalue weighted by molar-refractivity contribution is 0.611. The summed E-state index contributed by atoms with van der Waals surface area (Å²) in [7, 11) is 0. The van der Waals surface area contributed by atoms with Crippen molar-refractivity contribution in [3.05, 3.63) is 59.7 Å². The summed E-state index contributed by atoms with van der Waals surface area (Å²) in [6.07, 6.45) is 3.39. The van der Waals surface area contributed by atoms with Gasteiger partial charge >= 0.3 is 0 Å². The Labute approximate surface area is 109 Å². The van der Waals surface area contributed by atoms with Crippen LogP contribution in [0.3, 0.4) is 0 Å². The van der Waals surface area contributed by atoms with Crippen molar-refractivity contribution in [3.63, 3.8) is 0 Å². The van der Waals surface area contributed by atoms with Crippen LogP contribution in [0.2, 0.25) is 0 Å². The summed E-state index contributed by atoms with van der Waals surface area (Å²) in [4.78, 5) is 4.08. The largest absolute Gasteiger partial charge is 0.299 e. The molecule has 0 bridgehead atoms. The van der Waals surface area contributed by atoms with E-state index in [9.17, 15) is 4.39 Å². The summed E-state index contributed by atoms with van der Waals surface area (Å²) >= 11 is 0. The Morgan fingerprint density at radius 3 is 2.89 bits per heavy atom. The molecule has 19 heavy (non-hydrogen) atoms. The second-order valence-electron chi connectivity index (χ2n) is 4.33. The molecule has 2 heterocycles. The molecule has 92 valence electrons. The number of aryl methyl sites for hydroxylation is 1. The van der Waals surface area contributed by atoms with E-state index in [0.29, 0.717) is 5.56 Å². The summed E-state index contributed by atoms with van der Waals surface area (Å²) in [6, 6.07) is 10.4. The van der Waals surface area contributed by atoms with Crippen LogP contribution in [0, 0.1) is 24.1 Å². The molecule has 0 saturated heterocycles. The van der Waals surface area contributed by atoms with E-state index >= 15 is 0 Å². The second kappa shape index (κ2) is 4.21. The van der Waals surface area contributed by atoms with E-state index in [1.807, 2.05) is 25.3 Å². The van der Waals surface area contributed by atoms with Gasteiger partial charge in [-0.25, -0.2) is 9.37 Å². The molecular formula is C15H10FN3. The zero-order valence-electron chi connectivity index (χ0n) is 10.3. The fourth-order valence-electron chi connectivity index (χ4n) is 2.19. The topological polar surface area (TPSA) is 41.6 Å². The Kier molecular flexibility index (Phi) is 2.53. The molecule has 0 N–H and O–H groups in total. The summed E-state index contributed by atoms with van der Waals surface area (Å²) in [6.45, 7) is 1.93. The van der Waals surface area contributed by atoms with Gasteiger partial charge in [0.1, 0.15) is 0 Å². The number of pyridine rings is 1. The van der Waals surface area contributed by atoms with Gasteiger partial charge < -0.3 is 0 Å². The zero-order chi connectivity index (χ0) is 13.4. The van der Waals surface area contributed by atoms with Crippen molar-refractivity contribution in [2.45, 2.75) is 6.92 Å². The van der Waals surface area contributed by atoms with Gasteiger partial charge in [0.15, 0.2) is 11.6 Å². The molecule has 0 fully saturated rings. The van der Waals surface area contributed by atoms with Gasteiger partial charge in [0.2, 0.25) is 0 Å². The number of rotatable bonds is 1. The van der Waals surface area contributed by atoms with Crippen molar-refractivity contribution in [1.29, 1.82) is 5.26 Å². The molecule has 0 amide bonds. The van der Waals surface area contributed by atoms with Crippen LogP contribution >= 0.6 is 0 Å². The third kappa shape index (κ3) is 1.76. The van der Waals surface area contributed by atoms with Gasteiger partial charge in [-0.05, 0) is 42.8 Å². The number of halogens is 1. The summed E-state index contributed by atoms with van der Waals surface area (Å²) in [5.74, 6) is -0.103. The number of nitriles is 1. The number of aromatic nitrogens is 2. The molecule has 0 atom stereocenters. The minimum Gasteiger partial charge on any atom is -0.299 e. The fraction of sp³-hybridized carbons (Fsp3) is 0.0667. The van der Waals surface area contributed by atoms with Crippen LogP contribution in [-0.2, 0) is 0 Å². The Morgan fingerprint density at radius 1 is 1.32 bits per heavy atom. The minimum atomic E-state index is -0.372. The predicted octanol–water partition coefficient (Wildman–Crippen LogP) is 3.34. The molecule has 0 aliphatic carbocycles. The zero-order valence-corrected chi connectivity index (χ0v) is 10.3. The van der Waals surface area contributed by atoms with E-state index in [-0.39, 0.29) is 11.6 Å². The van der Waals surface area contributed by atoms with Crippen LogP contribution in [0.4, 0.5) is 4.39 Å². The maximum Gasteiger partial charge on any atom is 0.173 e. The van der Waals surface area contributed by atoms with E-state index in [2.05, 4.69) is 11.1 Å². The van der Waals surface area contributed by atoms with Gasteiger partial charge in [0.05, 0.1) is 17.1 Å². The molecule has 0 radical (unpaired) electrons. The molecule has 4 heteroatoms. The van der Waals surface area contributed by atoms with Crippen LogP contribution in [0.15, 0.2) is 42.7 Å². The SMILES string of the molecule is Cc1cn(-c2ncccc2F)c2ccc(C#N)cc12. The third-order valence-electron chi connectivity index (χ3n) is 3.10. The number of fused-ring (bicyclic) bond motifs is 1. The van der Waals surface area contributed by atoms with Gasteiger partial charge in [-0.3, -0.25) is 4.57 Å². The fourth-order valence-corrected chi connectivity index (χ4v) is 2.19. The van der Waals surface area contributed by atoms with Gasteiger partial charge in [0, 0.05) is 17.8 Å². The van der Waals surface area contributed by atoms with Crippen molar-refractivity contribution < 1.29 is 4.39 Å². The first kappa shape index (κ1) is 11.4. The maximum absolute atomic E-state index is 13.8. The Bertz CT molecular complexity index is 812.